The van der Waals surface area contributed by atoms with Crippen molar-refractivity contribution in [2.45, 2.75) is 53.4 Å². The lowest BCUT2D eigenvalue weighted by Gasteiger charge is -2.41. The second-order valence-corrected chi connectivity index (χ2v) is 6.35. The average Bonchev–Trinajstić information content (AvgIpc) is 2.51. The van der Waals surface area contributed by atoms with E-state index in [0.29, 0.717) is 5.41 Å². The summed E-state index contributed by atoms with van der Waals surface area (Å²) in [5.74, 6) is 0. The fourth-order valence-electron chi connectivity index (χ4n) is 3.46. The fraction of sp³-hybridized carbons (Fsp3) is 1.00. The van der Waals surface area contributed by atoms with Crippen molar-refractivity contribution in [3.8, 4) is 0 Å². The molecule has 1 aliphatic heterocycles. The van der Waals surface area contributed by atoms with Gasteiger partial charge in [-0.25, -0.2) is 0 Å². The molecule has 120 valence electrons. The van der Waals surface area contributed by atoms with Crippen molar-refractivity contribution in [2.75, 3.05) is 52.4 Å². The molecule has 1 heterocycles. The Balaban J connectivity index is 2.37. The van der Waals surface area contributed by atoms with Crippen LogP contribution in [0.3, 0.4) is 0 Å². The molecule has 0 radical (unpaired) electrons. The van der Waals surface area contributed by atoms with E-state index in [4.69, 9.17) is 0 Å². The first-order valence-electron chi connectivity index (χ1n) is 8.85. The Kier molecular flexibility index (Phi) is 8.74. The maximum absolute atomic E-state index is 3.51. The molecule has 1 aliphatic rings. The lowest BCUT2D eigenvalue weighted by molar-refractivity contribution is 0.106. The first kappa shape index (κ1) is 17.9. The smallest absolute Gasteiger partial charge is 0.00387 e. The highest BCUT2D eigenvalue weighted by Gasteiger charge is 2.31. The standard InChI is InChI=1S/C17H37N3/c1-5-17(10-12-18-13-11-17)16-20(8-4)15-9-14-19(6-2)7-3/h18H,5-16H2,1-4H3. The molecule has 0 atom stereocenters. The quantitative estimate of drug-likeness (QED) is 0.665. The molecule has 0 spiro atoms. The molecule has 0 saturated carbocycles. The van der Waals surface area contributed by atoms with Gasteiger partial charge >= 0.3 is 0 Å². The number of hydrogen-bond acceptors (Lipinski definition) is 3. The molecule has 1 fully saturated rings. The minimum absolute atomic E-state index is 0.580. The van der Waals surface area contributed by atoms with Crippen LogP contribution in [0.25, 0.3) is 0 Å². The van der Waals surface area contributed by atoms with Gasteiger partial charge in [-0.3, -0.25) is 0 Å². The summed E-state index contributed by atoms with van der Waals surface area (Å²) in [6, 6.07) is 0. The normalized spacial score (nSPS) is 18.9. The van der Waals surface area contributed by atoms with E-state index in [1.807, 2.05) is 0 Å². The fourth-order valence-corrected chi connectivity index (χ4v) is 3.46. The Morgan fingerprint density at radius 2 is 1.40 bits per heavy atom. The van der Waals surface area contributed by atoms with E-state index in [1.165, 1.54) is 78.0 Å². The summed E-state index contributed by atoms with van der Waals surface area (Å²) in [5, 5.41) is 3.51. The van der Waals surface area contributed by atoms with E-state index in [1.54, 1.807) is 0 Å². The van der Waals surface area contributed by atoms with Gasteiger partial charge in [0.15, 0.2) is 0 Å². The Bertz CT molecular complexity index is 232. The summed E-state index contributed by atoms with van der Waals surface area (Å²) in [7, 11) is 0. The third-order valence-corrected chi connectivity index (χ3v) is 5.26. The van der Waals surface area contributed by atoms with E-state index < -0.39 is 0 Å². The molecular formula is C17H37N3. The van der Waals surface area contributed by atoms with Gasteiger partial charge < -0.3 is 15.1 Å². The molecule has 0 unspecified atom stereocenters. The van der Waals surface area contributed by atoms with Crippen LogP contribution in [0.5, 0.6) is 0 Å². The lowest BCUT2D eigenvalue weighted by Crippen LogP contribution is -2.45. The van der Waals surface area contributed by atoms with Crippen molar-refractivity contribution in [1.82, 2.24) is 15.1 Å². The maximum atomic E-state index is 3.51. The van der Waals surface area contributed by atoms with Gasteiger partial charge in [-0.05, 0) is 76.9 Å². The van der Waals surface area contributed by atoms with Gasteiger partial charge in [0.2, 0.25) is 0 Å². The molecule has 20 heavy (non-hydrogen) atoms. The zero-order valence-electron chi connectivity index (χ0n) is 14.4. The van der Waals surface area contributed by atoms with Gasteiger partial charge in [-0.1, -0.05) is 27.7 Å². The molecule has 1 saturated heterocycles. The third-order valence-electron chi connectivity index (χ3n) is 5.26. The molecule has 0 aromatic heterocycles. The van der Waals surface area contributed by atoms with Gasteiger partial charge in [-0.2, -0.15) is 0 Å². The molecule has 0 aromatic carbocycles. The maximum Gasteiger partial charge on any atom is 0.00387 e. The van der Waals surface area contributed by atoms with Crippen LogP contribution >= 0.6 is 0 Å². The highest BCUT2D eigenvalue weighted by Crippen LogP contribution is 2.33. The number of rotatable bonds is 10. The SMILES string of the molecule is CCN(CC)CCCN(CC)CC1(CC)CCNCC1. The zero-order valence-corrected chi connectivity index (χ0v) is 14.4. The van der Waals surface area contributed by atoms with Gasteiger partial charge in [0.25, 0.3) is 0 Å². The van der Waals surface area contributed by atoms with E-state index in [2.05, 4.69) is 42.8 Å². The van der Waals surface area contributed by atoms with Crippen molar-refractivity contribution in [2.24, 2.45) is 5.41 Å². The summed E-state index contributed by atoms with van der Waals surface area (Å²) in [6.45, 7) is 19.1. The number of hydrogen-bond donors (Lipinski definition) is 1. The molecule has 0 bridgehead atoms. The molecule has 0 aromatic rings. The van der Waals surface area contributed by atoms with Crippen molar-refractivity contribution in [3.05, 3.63) is 0 Å². The predicted molar refractivity (Wildman–Crippen MR) is 89.3 cm³/mol. The van der Waals surface area contributed by atoms with Crippen molar-refractivity contribution in [3.63, 3.8) is 0 Å². The zero-order chi connectivity index (χ0) is 14.8. The summed E-state index contributed by atoms with van der Waals surface area (Å²) in [6.07, 6.45) is 5.36. The van der Waals surface area contributed by atoms with Crippen LogP contribution in [0, 0.1) is 5.41 Å². The summed E-state index contributed by atoms with van der Waals surface area (Å²) in [4.78, 5) is 5.23. The second-order valence-electron chi connectivity index (χ2n) is 6.35. The van der Waals surface area contributed by atoms with Gasteiger partial charge in [0, 0.05) is 6.54 Å². The number of nitrogens with one attached hydrogen (secondary N) is 1. The second kappa shape index (κ2) is 9.75. The van der Waals surface area contributed by atoms with Crippen molar-refractivity contribution >= 4 is 0 Å². The van der Waals surface area contributed by atoms with E-state index in [0.717, 1.165) is 0 Å². The first-order chi connectivity index (χ1) is 9.69. The molecule has 3 nitrogen and oxygen atoms in total. The van der Waals surface area contributed by atoms with Gasteiger partial charge in [0.05, 0.1) is 0 Å². The molecule has 1 rings (SSSR count). The minimum atomic E-state index is 0.580. The molecule has 1 N–H and O–H groups in total. The Morgan fingerprint density at radius 3 is 1.90 bits per heavy atom. The van der Waals surface area contributed by atoms with Crippen molar-refractivity contribution in [1.29, 1.82) is 0 Å². The lowest BCUT2D eigenvalue weighted by atomic mass is 9.76. The van der Waals surface area contributed by atoms with E-state index in [9.17, 15) is 0 Å². The van der Waals surface area contributed by atoms with Crippen LogP contribution in [-0.4, -0.2) is 62.2 Å². The monoisotopic (exact) mass is 283 g/mol. The third kappa shape index (κ3) is 5.71. The molecule has 0 amide bonds. The van der Waals surface area contributed by atoms with Crippen LogP contribution in [0.4, 0.5) is 0 Å². The minimum Gasteiger partial charge on any atom is -0.317 e. The molecule has 0 aliphatic carbocycles. The largest absolute Gasteiger partial charge is 0.317 e. The average molecular weight is 284 g/mol. The summed E-state index contributed by atoms with van der Waals surface area (Å²) in [5.41, 5.74) is 0.580. The highest BCUT2D eigenvalue weighted by molar-refractivity contribution is 4.86. The number of piperidine rings is 1. The Labute approximate surface area is 127 Å². The molecular weight excluding hydrogens is 246 g/mol. The van der Waals surface area contributed by atoms with Crippen molar-refractivity contribution < 1.29 is 0 Å². The van der Waals surface area contributed by atoms with Crippen LogP contribution < -0.4 is 5.32 Å². The number of nitrogens with zero attached hydrogens (tertiary/aromatic N) is 2. The predicted octanol–water partition coefficient (Wildman–Crippen LogP) is 2.82. The Hall–Kier alpha value is -0.120. The topological polar surface area (TPSA) is 18.5 Å². The molecule has 3 heteroatoms. The highest BCUT2D eigenvalue weighted by atomic mass is 15.1. The van der Waals surface area contributed by atoms with Crippen LogP contribution in [0.15, 0.2) is 0 Å². The van der Waals surface area contributed by atoms with Crippen LogP contribution in [0.1, 0.15) is 53.4 Å². The summed E-state index contributed by atoms with van der Waals surface area (Å²) < 4.78 is 0. The van der Waals surface area contributed by atoms with Gasteiger partial charge in [0.1, 0.15) is 0 Å². The van der Waals surface area contributed by atoms with Crippen LogP contribution in [-0.2, 0) is 0 Å². The van der Waals surface area contributed by atoms with E-state index >= 15 is 0 Å². The Morgan fingerprint density at radius 1 is 0.850 bits per heavy atom. The van der Waals surface area contributed by atoms with E-state index in [-0.39, 0.29) is 0 Å². The first-order valence-corrected chi connectivity index (χ1v) is 8.85. The summed E-state index contributed by atoms with van der Waals surface area (Å²) >= 11 is 0. The van der Waals surface area contributed by atoms with Crippen LogP contribution in [0.2, 0.25) is 0 Å². The van der Waals surface area contributed by atoms with Gasteiger partial charge in [-0.15, -0.1) is 0 Å².